The molecule has 1 atom stereocenters. The molecule has 0 aromatic rings. The minimum Gasteiger partial charge on any atom is -0.464 e. The molecule has 1 rings (SSSR count). The summed E-state index contributed by atoms with van der Waals surface area (Å²) in [6.07, 6.45) is 0.645. The normalized spacial score (nSPS) is 33.3. The van der Waals surface area contributed by atoms with Crippen LogP contribution in [0.5, 0.6) is 0 Å². The Morgan fingerprint density at radius 2 is 2.33 bits per heavy atom. The van der Waals surface area contributed by atoms with Crippen LogP contribution >= 0.6 is 12.4 Å². The molecule has 0 saturated carbocycles. The van der Waals surface area contributed by atoms with Gasteiger partial charge in [0, 0.05) is 6.42 Å². The SMILES string of the molecule is C[C@@]1(N)CCOC1=O.Cl. The van der Waals surface area contributed by atoms with Crippen molar-refractivity contribution in [3.05, 3.63) is 0 Å². The van der Waals surface area contributed by atoms with Crippen molar-refractivity contribution in [2.45, 2.75) is 18.9 Å². The lowest BCUT2D eigenvalue weighted by Crippen LogP contribution is -2.40. The van der Waals surface area contributed by atoms with Crippen molar-refractivity contribution in [3.8, 4) is 0 Å². The molecule has 9 heavy (non-hydrogen) atoms. The minimum atomic E-state index is -0.708. The van der Waals surface area contributed by atoms with Gasteiger partial charge >= 0.3 is 5.97 Å². The number of ether oxygens (including phenoxy) is 1. The van der Waals surface area contributed by atoms with Crippen LogP contribution in [0, 0.1) is 0 Å². The first-order valence-corrected chi connectivity index (χ1v) is 2.59. The monoisotopic (exact) mass is 151 g/mol. The molecule has 2 N–H and O–H groups in total. The van der Waals surface area contributed by atoms with Crippen LogP contribution in [0.15, 0.2) is 0 Å². The summed E-state index contributed by atoms with van der Waals surface area (Å²) in [6, 6.07) is 0. The van der Waals surface area contributed by atoms with Crippen molar-refractivity contribution < 1.29 is 9.53 Å². The Bertz CT molecular complexity index is 124. The maximum absolute atomic E-state index is 10.5. The van der Waals surface area contributed by atoms with Crippen LogP contribution < -0.4 is 5.73 Å². The van der Waals surface area contributed by atoms with Gasteiger partial charge in [0.2, 0.25) is 0 Å². The summed E-state index contributed by atoms with van der Waals surface area (Å²) in [5.41, 5.74) is 4.74. The Balaban J connectivity index is 0.000000640. The fourth-order valence-corrected chi connectivity index (χ4v) is 0.623. The van der Waals surface area contributed by atoms with Gasteiger partial charge in [0.05, 0.1) is 6.61 Å². The Labute approximate surface area is 60.0 Å². The lowest BCUT2D eigenvalue weighted by Gasteiger charge is -2.08. The topological polar surface area (TPSA) is 52.3 Å². The Hall–Kier alpha value is -0.280. The number of carbonyl (C=O) groups is 1. The highest BCUT2D eigenvalue weighted by Crippen LogP contribution is 2.14. The summed E-state index contributed by atoms with van der Waals surface area (Å²) in [6.45, 7) is 2.16. The number of halogens is 1. The summed E-state index contributed by atoms with van der Waals surface area (Å²) in [4.78, 5) is 10.5. The van der Waals surface area contributed by atoms with E-state index in [1.165, 1.54) is 0 Å². The zero-order chi connectivity index (χ0) is 6.20. The van der Waals surface area contributed by atoms with Crippen LogP contribution in [0.1, 0.15) is 13.3 Å². The van der Waals surface area contributed by atoms with Crippen molar-refractivity contribution in [1.29, 1.82) is 0 Å². The fourth-order valence-electron chi connectivity index (χ4n) is 0.623. The largest absolute Gasteiger partial charge is 0.464 e. The van der Waals surface area contributed by atoms with E-state index in [4.69, 9.17) is 5.73 Å². The van der Waals surface area contributed by atoms with Crippen LogP contribution in [-0.2, 0) is 9.53 Å². The van der Waals surface area contributed by atoms with Gasteiger partial charge in [-0.15, -0.1) is 12.4 Å². The second-order valence-corrected chi connectivity index (χ2v) is 2.30. The zero-order valence-electron chi connectivity index (χ0n) is 5.22. The highest BCUT2D eigenvalue weighted by atomic mass is 35.5. The molecule has 1 aliphatic rings. The molecule has 4 heteroatoms. The van der Waals surface area contributed by atoms with E-state index < -0.39 is 5.54 Å². The minimum absolute atomic E-state index is 0. The van der Waals surface area contributed by atoms with E-state index in [9.17, 15) is 4.79 Å². The maximum atomic E-state index is 10.5. The number of hydrogen-bond donors (Lipinski definition) is 1. The lowest BCUT2D eigenvalue weighted by atomic mass is 10.0. The van der Waals surface area contributed by atoms with Crippen LogP contribution in [0.3, 0.4) is 0 Å². The molecule has 0 radical (unpaired) electrons. The highest BCUT2D eigenvalue weighted by Gasteiger charge is 2.35. The number of rotatable bonds is 0. The van der Waals surface area contributed by atoms with Gasteiger partial charge < -0.3 is 10.5 Å². The predicted octanol–water partition coefficient (Wildman–Crippen LogP) is 0.0725. The molecule has 0 amide bonds. The number of nitrogens with two attached hydrogens (primary N) is 1. The molecule has 1 heterocycles. The Kier molecular flexibility index (Phi) is 2.46. The standard InChI is InChI=1S/C5H9NO2.ClH/c1-5(6)2-3-8-4(5)7;/h2-3,6H2,1H3;1H/t5-;/m1./s1. The number of hydrogen-bond acceptors (Lipinski definition) is 3. The second-order valence-electron chi connectivity index (χ2n) is 2.30. The van der Waals surface area contributed by atoms with Gasteiger partial charge in [-0.3, -0.25) is 4.79 Å². The van der Waals surface area contributed by atoms with Gasteiger partial charge in [-0.25, -0.2) is 0 Å². The molecular formula is C5H10ClNO2. The summed E-state index contributed by atoms with van der Waals surface area (Å²) in [5.74, 6) is -0.280. The van der Waals surface area contributed by atoms with Crippen molar-refractivity contribution >= 4 is 18.4 Å². The zero-order valence-corrected chi connectivity index (χ0v) is 6.03. The van der Waals surface area contributed by atoms with Crippen LogP contribution in [0.4, 0.5) is 0 Å². The highest BCUT2D eigenvalue weighted by molar-refractivity contribution is 5.85. The number of cyclic esters (lactones) is 1. The molecular weight excluding hydrogens is 142 g/mol. The predicted molar refractivity (Wildman–Crippen MR) is 35.4 cm³/mol. The average Bonchev–Trinajstić information content (AvgIpc) is 1.86. The number of carbonyl (C=O) groups excluding carboxylic acids is 1. The lowest BCUT2D eigenvalue weighted by molar-refractivity contribution is -0.141. The third-order valence-corrected chi connectivity index (χ3v) is 1.32. The Morgan fingerprint density at radius 3 is 2.44 bits per heavy atom. The van der Waals surface area contributed by atoms with E-state index in [1.54, 1.807) is 6.92 Å². The van der Waals surface area contributed by atoms with Crippen LogP contribution in [0.2, 0.25) is 0 Å². The van der Waals surface area contributed by atoms with Gasteiger partial charge in [-0.1, -0.05) is 0 Å². The van der Waals surface area contributed by atoms with Gasteiger partial charge in [-0.05, 0) is 6.92 Å². The third kappa shape index (κ3) is 1.56. The summed E-state index contributed by atoms with van der Waals surface area (Å²) in [5, 5.41) is 0. The van der Waals surface area contributed by atoms with Crippen molar-refractivity contribution in [2.75, 3.05) is 6.61 Å². The van der Waals surface area contributed by atoms with E-state index in [2.05, 4.69) is 4.74 Å². The van der Waals surface area contributed by atoms with E-state index in [-0.39, 0.29) is 18.4 Å². The van der Waals surface area contributed by atoms with Crippen LogP contribution in [0.25, 0.3) is 0 Å². The summed E-state index contributed by atoms with van der Waals surface area (Å²) >= 11 is 0. The van der Waals surface area contributed by atoms with Crippen molar-refractivity contribution in [1.82, 2.24) is 0 Å². The maximum Gasteiger partial charge on any atom is 0.325 e. The van der Waals surface area contributed by atoms with E-state index >= 15 is 0 Å². The summed E-state index contributed by atoms with van der Waals surface area (Å²) in [7, 11) is 0. The summed E-state index contributed by atoms with van der Waals surface area (Å²) < 4.78 is 4.60. The van der Waals surface area contributed by atoms with Crippen molar-refractivity contribution in [3.63, 3.8) is 0 Å². The molecule has 1 fully saturated rings. The van der Waals surface area contributed by atoms with Crippen molar-refractivity contribution in [2.24, 2.45) is 5.73 Å². The average molecular weight is 152 g/mol. The molecule has 1 saturated heterocycles. The second kappa shape index (κ2) is 2.54. The third-order valence-electron chi connectivity index (χ3n) is 1.32. The molecule has 1 aliphatic heterocycles. The van der Waals surface area contributed by atoms with Gasteiger partial charge in [0.25, 0.3) is 0 Å². The molecule has 0 aromatic heterocycles. The first-order chi connectivity index (χ1) is 3.63. The number of esters is 1. The molecule has 0 bridgehead atoms. The van der Waals surface area contributed by atoms with Crippen LogP contribution in [-0.4, -0.2) is 18.1 Å². The first-order valence-electron chi connectivity index (χ1n) is 2.59. The fraction of sp³-hybridized carbons (Fsp3) is 0.800. The van der Waals surface area contributed by atoms with E-state index in [0.717, 1.165) is 0 Å². The molecule has 0 aliphatic carbocycles. The Morgan fingerprint density at radius 1 is 1.78 bits per heavy atom. The molecule has 54 valence electrons. The quantitative estimate of drug-likeness (QED) is 0.499. The molecule has 0 spiro atoms. The van der Waals surface area contributed by atoms with Gasteiger partial charge in [0.15, 0.2) is 0 Å². The van der Waals surface area contributed by atoms with Gasteiger partial charge in [-0.2, -0.15) is 0 Å². The first kappa shape index (κ1) is 8.72. The van der Waals surface area contributed by atoms with E-state index in [1.807, 2.05) is 0 Å². The smallest absolute Gasteiger partial charge is 0.325 e. The molecule has 0 aromatic carbocycles. The molecule has 0 unspecified atom stereocenters. The van der Waals surface area contributed by atoms with E-state index in [0.29, 0.717) is 13.0 Å². The van der Waals surface area contributed by atoms with Gasteiger partial charge in [0.1, 0.15) is 5.54 Å². The molecule has 3 nitrogen and oxygen atoms in total.